The van der Waals surface area contributed by atoms with E-state index in [2.05, 4.69) is 22.4 Å². The van der Waals surface area contributed by atoms with E-state index in [1.165, 1.54) is 0 Å². The maximum Gasteiger partial charge on any atom is 0.0562 e. The van der Waals surface area contributed by atoms with Crippen LogP contribution >= 0.6 is 0 Å². The summed E-state index contributed by atoms with van der Waals surface area (Å²) >= 11 is 0. The van der Waals surface area contributed by atoms with E-state index in [4.69, 9.17) is 0 Å². The molecule has 1 aromatic rings. The summed E-state index contributed by atoms with van der Waals surface area (Å²) in [7, 11) is 0. The summed E-state index contributed by atoms with van der Waals surface area (Å²) in [6.07, 6.45) is 1.90. The lowest BCUT2D eigenvalue weighted by Crippen LogP contribution is -1.97. The first kappa shape index (κ1) is 8.05. The Balaban J connectivity index is 2.51. The van der Waals surface area contributed by atoms with Gasteiger partial charge in [-0.1, -0.05) is 18.2 Å². The van der Waals surface area contributed by atoms with Gasteiger partial charge in [0.25, 0.3) is 0 Å². The Labute approximate surface area is 78.0 Å². The van der Waals surface area contributed by atoms with Crippen molar-refractivity contribution in [1.82, 2.24) is 0 Å². The molecule has 1 aliphatic rings. The van der Waals surface area contributed by atoms with Crippen molar-refractivity contribution in [3.05, 3.63) is 41.2 Å². The molecule has 66 valence electrons. The van der Waals surface area contributed by atoms with Gasteiger partial charge in [0.1, 0.15) is 0 Å². The van der Waals surface area contributed by atoms with Crippen molar-refractivity contribution in [1.29, 1.82) is 0 Å². The summed E-state index contributed by atoms with van der Waals surface area (Å²) in [4.78, 5) is 4.34. The minimum absolute atomic E-state index is 1.04. The van der Waals surface area contributed by atoms with Gasteiger partial charge >= 0.3 is 0 Å². The second-order valence-corrected chi connectivity index (χ2v) is 3.18. The number of hydrogen-bond donors (Lipinski definition) is 1. The maximum absolute atomic E-state index is 4.34. The predicted octanol–water partition coefficient (Wildman–Crippen LogP) is 2.78. The Morgan fingerprint density at radius 3 is 2.77 bits per heavy atom. The van der Waals surface area contributed by atoms with Gasteiger partial charge < -0.3 is 5.32 Å². The van der Waals surface area contributed by atoms with Gasteiger partial charge in [0.2, 0.25) is 0 Å². The van der Waals surface area contributed by atoms with Crippen LogP contribution in [0, 0.1) is 0 Å². The Morgan fingerprint density at radius 2 is 1.92 bits per heavy atom. The lowest BCUT2D eigenvalue weighted by molar-refractivity contribution is 1.21. The standard InChI is InChI=1S/C11H12N2/c1-8-9(2)13-11-6-4-3-5-10(11)7-12-8/h3-7,13H,1-2H3. The van der Waals surface area contributed by atoms with E-state index >= 15 is 0 Å². The Bertz CT molecular complexity index is 389. The van der Waals surface area contributed by atoms with E-state index in [-0.39, 0.29) is 0 Å². The number of anilines is 1. The van der Waals surface area contributed by atoms with Gasteiger partial charge in [-0.3, -0.25) is 4.99 Å². The highest BCUT2D eigenvalue weighted by atomic mass is 14.9. The van der Waals surface area contributed by atoms with Crippen LogP contribution in [0.3, 0.4) is 0 Å². The SMILES string of the molecule is CC1=C(C)Nc2ccccc2C=N1. The largest absolute Gasteiger partial charge is 0.357 e. The highest BCUT2D eigenvalue weighted by molar-refractivity contribution is 5.89. The smallest absolute Gasteiger partial charge is 0.0562 e. The summed E-state index contributed by atoms with van der Waals surface area (Å²) in [5, 5.41) is 3.33. The number of allylic oxidation sites excluding steroid dienone is 2. The third-order valence-electron chi connectivity index (χ3n) is 2.22. The van der Waals surface area contributed by atoms with Crippen LogP contribution in [0.5, 0.6) is 0 Å². The maximum atomic E-state index is 4.34. The van der Waals surface area contributed by atoms with E-state index in [0.717, 1.165) is 22.6 Å². The third kappa shape index (κ3) is 1.47. The van der Waals surface area contributed by atoms with Crippen molar-refractivity contribution in [2.75, 3.05) is 5.32 Å². The molecule has 2 nitrogen and oxygen atoms in total. The molecule has 0 aromatic heterocycles. The van der Waals surface area contributed by atoms with Crippen molar-refractivity contribution < 1.29 is 0 Å². The molecule has 1 N–H and O–H groups in total. The minimum Gasteiger partial charge on any atom is -0.357 e. The molecule has 0 spiro atoms. The normalized spacial score (nSPS) is 14.9. The highest BCUT2D eigenvalue weighted by Gasteiger charge is 2.04. The van der Waals surface area contributed by atoms with Crippen LogP contribution in [0.15, 0.2) is 40.7 Å². The third-order valence-corrected chi connectivity index (χ3v) is 2.22. The lowest BCUT2D eigenvalue weighted by atomic mass is 10.2. The number of nitrogens with zero attached hydrogens (tertiary/aromatic N) is 1. The number of nitrogens with one attached hydrogen (secondary N) is 1. The zero-order valence-electron chi connectivity index (χ0n) is 7.83. The van der Waals surface area contributed by atoms with Gasteiger partial charge in [0.15, 0.2) is 0 Å². The van der Waals surface area contributed by atoms with Gasteiger partial charge in [-0.05, 0) is 19.9 Å². The Hall–Kier alpha value is -1.57. The summed E-state index contributed by atoms with van der Waals surface area (Å²) in [5.41, 5.74) is 4.41. The molecule has 2 rings (SSSR count). The molecule has 0 unspecified atom stereocenters. The number of benzene rings is 1. The molecule has 2 heteroatoms. The van der Waals surface area contributed by atoms with Gasteiger partial charge in [-0.15, -0.1) is 0 Å². The molecule has 0 saturated heterocycles. The zero-order valence-corrected chi connectivity index (χ0v) is 7.83. The van der Waals surface area contributed by atoms with E-state index in [1.807, 2.05) is 32.2 Å². The number of hydrogen-bond acceptors (Lipinski definition) is 2. The molecule has 13 heavy (non-hydrogen) atoms. The predicted molar refractivity (Wildman–Crippen MR) is 56.0 cm³/mol. The van der Waals surface area contributed by atoms with Crippen LogP contribution in [0.4, 0.5) is 5.69 Å². The van der Waals surface area contributed by atoms with Crippen molar-refractivity contribution >= 4 is 11.9 Å². The highest BCUT2D eigenvalue weighted by Crippen LogP contribution is 2.20. The van der Waals surface area contributed by atoms with Crippen LogP contribution in [0.25, 0.3) is 0 Å². The molecular formula is C11H12N2. The number of aliphatic imine (C=N–C) groups is 1. The van der Waals surface area contributed by atoms with Crippen LogP contribution in [-0.2, 0) is 0 Å². The molecule has 0 radical (unpaired) electrons. The molecule has 0 atom stereocenters. The number of rotatable bonds is 0. The summed E-state index contributed by atoms with van der Waals surface area (Å²) in [6, 6.07) is 8.15. The monoisotopic (exact) mass is 172 g/mol. The van der Waals surface area contributed by atoms with Gasteiger partial charge in [0.05, 0.1) is 5.70 Å². The zero-order chi connectivity index (χ0) is 9.26. The fraction of sp³-hybridized carbons (Fsp3) is 0.182. The van der Waals surface area contributed by atoms with Crippen LogP contribution in [0.1, 0.15) is 19.4 Å². The van der Waals surface area contributed by atoms with E-state index in [0.29, 0.717) is 0 Å². The fourth-order valence-electron chi connectivity index (χ4n) is 1.28. The van der Waals surface area contributed by atoms with Gasteiger partial charge in [0, 0.05) is 23.2 Å². The molecule has 1 aliphatic heterocycles. The average molecular weight is 172 g/mol. The molecule has 0 bridgehead atoms. The van der Waals surface area contributed by atoms with Gasteiger partial charge in [-0.2, -0.15) is 0 Å². The summed E-state index contributed by atoms with van der Waals surface area (Å²) < 4.78 is 0. The van der Waals surface area contributed by atoms with Crippen molar-refractivity contribution in [3.63, 3.8) is 0 Å². The molecular weight excluding hydrogens is 160 g/mol. The summed E-state index contributed by atoms with van der Waals surface area (Å²) in [5.74, 6) is 0. The molecule has 1 aromatic carbocycles. The number of para-hydroxylation sites is 1. The topological polar surface area (TPSA) is 24.4 Å². The van der Waals surface area contributed by atoms with Crippen LogP contribution in [0.2, 0.25) is 0 Å². The second-order valence-electron chi connectivity index (χ2n) is 3.18. The van der Waals surface area contributed by atoms with Crippen LogP contribution in [-0.4, -0.2) is 6.21 Å². The molecule has 0 saturated carbocycles. The first-order valence-electron chi connectivity index (χ1n) is 4.35. The molecule has 0 fully saturated rings. The summed E-state index contributed by atoms with van der Waals surface area (Å²) in [6.45, 7) is 4.04. The Morgan fingerprint density at radius 1 is 1.15 bits per heavy atom. The quantitative estimate of drug-likeness (QED) is 0.639. The first-order chi connectivity index (χ1) is 6.27. The van der Waals surface area contributed by atoms with E-state index < -0.39 is 0 Å². The molecule has 0 aliphatic carbocycles. The van der Waals surface area contributed by atoms with E-state index in [1.54, 1.807) is 0 Å². The van der Waals surface area contributed by atoms with Crippen molar-refractivity contribution in [2.45, 2.75) is 13.8 Å². The second kappa shape index (κ2) is 3.05. The lowest BCUT2D eigenvalue weighted by Gasteiger charge is -2.06. The number of fused-ring (bicyclic) bond motifs is 1. The Kier molecular flexibility index (Phi) is 1.89. The van der Waals surface area contributed by atoms with Crippen molar-refractivity contribution in [2.24, 2.45) is 4.99 Å². The molecule has 1 heterocycles. The molecule has 0 amide bonds. The average Bonchev–Trinajstić information content (AvgIpc) is 2.28. The minimum atomic E-state index is 1.04. The van der Waals surface area contributed by atoms with Crippen molar-refractivity contribution in [3.8, 4) is 0 Å². The van der Waals surface area contributed by atoms with Crippen LogP contribution < -0.4 is 5.32 Å². The fourth-order valence-corrected chi connectivity index (χ4v) is 1.28. The van der Waals surface area contributed by atoms with Gasteiger partial charge in [-0.25, -0.2) is 0 Å². The van der Waals surface area contributed by atoms with E-state index in [9.17, 15) is 0 Å². The first-order valence-corrected chi connectivity index (χ1v) is 4.35.